The Balaban J connectivity index is 1.51. The average Bonchev–Trinajstić information content (AvgIpc) is 3.40. The van der Waals surface area contributed by atoms with Crippen molar-refractivity contribution in [2.45, 2.75) is 32.9 Å². The predicted molar refractivity (Wildman–Crippen MR) is 144 cm³/mol. The first-order valence-electron chi connectivity index (χ1n) is 12.0. The van der Waals surface area contributed by atoms with E-state index in [9.17, 15) is 9.59 Å². The lowest BCUT2D eigenvalue weighted by molar-refractivity contribution is -0.133. The van der Waals surface area contributed by atoms with Gasteiger partial charge in [-0.05, 0) is 34.9 Å². The first kappa shape index (κ1) is 24.5. The van der Waals surface area contributed by atoms with Crippen LogP contribution in [0.2, 0.25) is 0 Å². The third kappa shape index (κ3) is 6.70. The van der Waals surface area contributed by atoms with Gasteiger partial charge in [-0.2, -0.15) is 0 Å². The molecule has 0 saturated heterocycles. The van der Waals surface area contributed by atoms with E-state index in [2.05, 4.69) is 12.2 Å². The van der Waals surface area contributed by atoms with Gasteiger partial charge in [0.15, 0.2) is 0 Å². The minimum Gasteiger partial charge on any atom is -0.332 e. The normalized spacial score (nSPS) is 10.8. The molecule has 0 radical (unpaired) electrons. The highest BCUT2D eigenvalue weighted by molar-refractivity contribution is 7.09. The van der Waals surface area contributed by atoms with E-state index in [1.807, 2.05) is 95.2 Å². The largest absolute Gasteiger partial charge is 0.332 e. The van der Waals surface area contributed by atoms with E-state index in [0.717, 1.165) is 39.7 Å². The Morgan fingerprint density at radius 1 is 0.829 bits per heavy atom. The van der Waals surface area contributed by atoms with E-state index >= 15 is 0 Å². The molecule has 180 valence electrons. The number of thiophene rings is 1. The molecule has 4 aromatic rings. The van der Waals surface area contributed by atoms with Gasteiger partial charge in [-0.15, -0.1) is 11.3 Å². The second-order valence-electron chi connectivity index (χ2n) is 8.55. The van der Waals surface area contributed by atoms with Crippen molar-refractivity contribution in [1.82, 2.24) is 9.80 Å². The summed E-state index contributed by atoms with van der Waals surface area (Å²) in [6.07, 6.45) is 1.77. The monoisotopic (exact) mass is 485 g/mol. The molecule has 1 N–H and O–H groups in total. The fraction of sp³-hybridized carbons (Fsp3) is 0.241. The van der Waals surface area contributed by atoms with Gasteiger partial charge < -0.3 is 15.1 Å². The van der Waals surface area contributed by atoms with E-state index < -0.39 is 0 Å². The summed E-state index contributed by atoms with van der Waals surface area (Å²) in [6.45, 7) is 3.68. The highest BCUT2D eigenvalue weighted by Gasteiger charge is 2.22. The molecule has 0 unspecified atom stereocenters. The number of amides is 3. The number of carbonyl (C=O) groups is 2. The third-order valence-corrected chi connectivity index (χ3v) is 6.78. The molecule has 4 rings (SSSR count). The maximum Gasteiger partial charge on any atom is 0.322 e. The topological polar surface area (TPSA) is 52.7 Å². The quantitative estimate of drug-likeness (QED) is 0.270. The van der Waals surface area contributed by atoms with Crippen molar-refractivity contribution < 1.29 is 9.59 Å². The van der Waals surface area contributed by atoms with E-state index in [1.165, 1.54) is 0 Å². The second-order valence-corrected chi connectivity index (χ2v) is 9.58. The molecule has 1 aromatic heterocycles. The summed E-state index contributed by atoms with van der Waals surface area (Å²) in [6, 6.07) is 27.6. The first-order valence-corrected chi connectivity index (χ1v) is 12.9. The molecule has 0 atom stereocenters. The van der Waals surface area contributed by atoms with Crippen LogP contribution in [0.3, 0.4) is 0 Å². The van der Waals surface area contributed by atoms with Crippen molar-refractivity contribution in [3.63, 3.8) is 0 Å². The third-order valence-electron chi connectivity index (χ3n) is 5.92. The van der Waals surface area contributed by atoms with Crippen molar-refractivity contribution in [2.75, 3.05) is 18.4 Å². The van der Waals surface area contributed by atoms with Crippen LogP contribution in [0.1, 0.15) is 30.2 Å². The van der Waals surface area contributed by atoms with Crippen LogP contribution in [0.5, 0.6) is 0 Å². The lowest BCUT2D eigenvalue weighted by Gasteiger charge is -2.28. The second kappa shape index (κ2) is 12.2. The summed E-state index contributed by atoms with van der Waals surface area (Å²) in [7, 11) is 0. The zero-order valence-corrected chi connectivity index (χ0v) is 20.8. The molecule has 0 aliphatic carbocycles. The molecule has 0 saturated carbocycles. The molecular formula is C29H31N3O2S. The maximum atomic E-state index is 13.5. The van der Waals surface area contributed by atoms with E-state index in [-0.39, 0.29) is 18.5 Å². The summed E-state index contributed by atoms with van der Waals surface area (Å²) in [5, 5.41) is 7.11. The van der Waals surface area contributed by atoms with Gasteiger partial charge in [-0.1, -0.05) is 86.1 Å². The molecular weight excluding hydrogens is 454 g/mol. The average molecular weight is 486 g/mol. The molecule has 3 amide bonds. The van der Waals surface area contributed by atoms with Crippen LogP contribution in [0, 0.1) is 0 Å². The molecule has 35 heavy (non-hydrogen) atoms. The number of carbonyl (C=O) groups excluding carboxylic acids is 2. The highest BCUT2D eigenvalue weighted by atomic mass is 32.1. The number of hydrogen-bond acceptors (Lipinski definition) is 3. The van der Waals surface area contributed by atoms with Crippen LogP contribution < -0.4 is 5.32 Å². The summed E-state index contributed by atoms with van der Waals surface area (Å²) < 4.78 is 0. The first-order chi connectivity index (χ1) is 17.1. The van der Waals surface area contributed by atoms with Gasteiger partial charge in [-0.25, -0.2) is 4.79 Å². The number of anilines is 1. The van der Waals surface area contributed by atoms with Crippen LogP contribution in [0.15, 0.2) is 90.3 Å². The molecule has 0 spiro atoms. The zero-order chi connectivity index (χ0) is 24.5. The highest BCUT2D eigenvalue weighted by Crippen LogP contribution is 2.23. The standard InChI is InChI=1S/C29H31N3O2S/c1-2-3-18-31(29(34)30-27-17-9-14-24-13-7-8-16-26(24)27)22-28(33)32(21-25-15-10-19-35-25)20-23-11-5-4-6-12-23/h4-17,19H,2-3,18,20-22H2,1H3,(H,30,34). The van der Waals surface area contributed by atoms with E-state index in [0.29, 0.717) is 19.6 Å². The number of fused-ring (bicyclic) bond motifs is 1. The Labute approximate surface area is 211 Å². The number of hydrogen-bond donors (Lipinski definition) is 1. The van der Waals surface area contributed by atoms with Crippen LogP contribution in [0.25, 0.3) is 10.8 Å². The Kier molecular flexibility index (Phi) is 8.52. The fourth-order valence-electron chi connectivity index (χ4n) is 4.02. The molecule has 0 aliphatic heterocycles. The number of nitrogens with one attached hydrogen (secondary N) is 1. The van der Waals surface area contributed by atoms with Gasteiger partial charge in [0, 0.05) is 23.4 Å². The fourth-order valence-corrected chi connectivity index (χ4v) is 4.74. The summed E-state index contributed by atoms with van der Waals surface area (Å²) in [5.74, 6) is -0.0635. The molecule has 6 heteroatoms. The summed E-state index contributed by atoms with van der Waals surface area (Å²) in [5.41, 5.74) is 1.82. The lowest BCUT2D eigenvalue weighted by atomic mass is 10.1. The van der Waals surface area contributed by atoms with Crippen LogP contribution in [-0.4, -0.2) is 34.8 Å². The van der Waals surface area contributed by atoms with Gasteiger partial charge in [0.1, 0.15) is 6.54 Å². The molecule has 0 aliphatic rings. The van der Waals surface area contributed by atoms with Gasteiger partial charge in [-0.3, -0.25) is 4.79 Å². The van der Waals surface area contributed by atoms with E-state index in [1.54, 1.807) is 16.2 Å². The van der Waals surface area contributed by atoms with Crippen molar-refractivity contribution in [2.24, 2.45) is 0 Å². The molecule has 1 heterocycles. The zero-order valence-electron chi connectivity index (χ0n) is 20.0. The Morgan fingerprint density at radius 3 is 2.37 bits per heavy atom. The van der Waals surface area contributed by atoms with Gasteiger partial charge in [0.2, 0.25) is 5.91 Å². The minimum absolute atomic E-state index is 0.0365. The van der Waals surface area contributed by atoms with Crippen molar-refractivity contribution >= 4 is 39.7 Å². The summed E-state index contributed by atoms with van der Waals surface area (Å²) >= 11 is 1.63. The Hall–Kier alpha value is -3.64. The molecule has 0 fully saturated rings. The Bertz CT molecular complexity index is 1240. The van der Waals surface area contributed by atoms with E-state index in [4.69, 9.17) is 0 Å². The minimum atomic E-state index is -0.251. The van der Waals surface area contributed by atoms with Gasteiger partial charge >= 0.3 is 6.03 Å². The molecule has 5 nitrogen and oxygen atoms in total. The maximum absolute atomic E-state index is 13.5. The van der Waals surface area contributed by atoms with Gasteiger partial charge in [0.05, 0.1) is 12.2 Å². The van der Waals surface area contributed by atoms with Crippen LogP contribution in [0.4, 0.5) is 10.5 Å². The number of unbranched alkanes of at least 4 members (excludes halogenated alkanes) is 1. The van der Waals surface area contributed by atoms with Crippen molar-refractivity contribution in [3.8, 4) is 0 Å². The van der Waals surface area contributed by atoms with Crippen LogP contribution >= 0.6 is 11.3 Å². The number of rotatable bonds is 10. The Morgan fingerprint density at radius 2 is 1.60 bits per heavy atom. The smallest absolute Gasteiger partial charge is 0.322 e. The predicted octanol–water partition coefficient (Wildman–Crippen LogP) is 6.76. The van der Waals surface area contributed by atoms with Crippen molar-refractivity contribution in [1.29, 1.82) is 0 Å². The van der Waals surface area contributed by atoms with Crippen LogP contribution in [-0.2, 0) is 17.9 Å². The van der Waals surface area contributed by atoms with Crippen molar-refractivity contribution in [3.05, 3.63) is 101 Å². The molecule has 0 bridgehead atoms. The number of benzene rings is 3. The SMILES string of the molecule is CCCCN(CC(=O)N(Cc1ccccc1)Cc1cccs1)C(=O)Nc1cccc2ccccc12. The summed E-state index contributed by atoms with van der Waals surface area (Å²) in [4.78, 5) is 31.5. The van der Waals surface area contributed by atoms with Gasteiger partial charge in [0.25, 0.3) is 0 Å². The number of nitrogens with zero attached hydrogens (tertiary/aromatic N) is 2. The lowest BCUT2D eigenvalue weighted by Crippen LogP contribution is -2.44. The number of urea groups is 1. The molecule has 3 aromatic carbocycles.